The molecule has 0 radical (unpaired) electrons. The van der Waals surface area contributed by atoms with Crippen LogP contribution in [-0.2, 0) is 19.4 Å². The number of likely N-dealkylation sites (tertiary alicyclic amines) is 1. The number of halogens is 1. The molecule has 0 amide bonds. The number of pyridine rings is 2. The largest absolute Gasteiger partial charge is 0.497 e. The average molecular weight is 450 g/mol. The second-order valence-electron chi connectivity index (χ2n) is 9.06. The highest BCUT2D eigenvalue weighted by Crippen LogP contribution is 2.25. The van der Waals surface area contributed by atoms with E-state index in [2.05, 4.69) is 32.7 Å². The van der Waals surface area contributed by atoms with Crippen LogP contribution in [0.4, 0.5) is 10.2 Å². The van der Waals surface area contributed by atoms with Crippen molar-refractivity contribution in [3.8, 4) is 5.75 Å². The van der Waals surface area contributed by atoms with Gasteiger partial charge in [-0.05, 0) is 75.0 Å². The van der Waals surface area contributed by atoms with E-state index in [1.807, 2.05) is 18.2 Å². The van der Waals surface area contributed by atoms with Gasteiger partial charge >= 0.3 is 0 Å². The number of aromatic nitrogens is 2. The summed E-state index contributed by atoms with van der Waals surface area (Å²) < 4.78 is 19.9. The third-order valence-electron chi connectivity index (χ3n) is 6.92. The number of anilines is 1. The molecule has 0 bridgehead atoms. The molecule has 6 nitrogen and oxygen atoms in total. The topological polar surface area (TPSA) is 62.3 Å². The number of piperidine rings is 1. The highest BCUT2D eigenvalue weighted by atomic mass is 19.1. The van der Waals surface area contributed by atoms with Crippen LogP contribution in [0.25, 0.3) is 10.9 Å². The highest BCUT2D eigenvalue weighted by Gasteiger charge is 2.20. The number of hydrogen-bond acceptors (Lipinski definition) is 6. The van der Waals surface area contributed by atoms with Crippen molar-refractivity contribution in [2.24, 2.45) is 0 Å². The molecule has 0 atom stereocenters. The molecule has 7 heteroatoms. The van der Waals surface area contributed by atoms with Crippen molar-refractivity contribution in [3.05, 3.63) is 59.2 Å². The van der Waals surface area contributed by atoms with E-state index in [-0.39, 0.29) is 5.82 Å². The molecular formula is C26H32FN5O. The van der Waals surface area contributed by atoms with Crippen LogP contribution in [0, 0.1) is 5.82 Å². The second kappa shape index (κ2) is 10.0. The summed E-state index contributed by atoms with van der Waals surface area (Å²) in [6.07, 6.45) is 6.50. The Kier molecular flexibility index (Phi) is 6.69. The van der Waals surface area contributed by atoms with Crippen LogP contribution >= 0.6 is 0 Å². The highest BCUT2D eigenvalue weighted by molar-refractivity contribution is 5.83. The molecule has 0 saturated carbocycles. The summed E-state index contributed by atoms with van der Waals surface area (Å²) in [7, 11) is 1.63. The molecule has 3 aromatic rings. The molecule has 0 unspecified atom stereocenters. The molecule has 2 aromatic heterocycles. The first-order chi connectivity index (χ1) is 16.2. The van der Waals surface area contributed by atoms with Gasteiger partial charge in [0.1, 0.15) is 17.4 Å². The van der Waals surface area contributed by atoms with Crippen molar-refractivity contribution in [3.63, 3.8) is 0 Å². The Hall–Kier alpha value is -2.77. The Morgan fingerprint density at radius 1 is 1.21 bits per heavy atom. The molecule has 2 aliphatic heterocycles. The molecule has 2 aliphatic rings. The monoisotopic (exact) mass is 449 g/mol. The van der Waals surface area contributed by atoms with E-state index in [9.17, 15) is 4.39 Å². The third kappa shape index (κ3) is 5.09. The van der Waals surface area contributed by atoms with E-state index in [1.54, 1.807) is 7.11 Å². The van der Waals surface area contributed by atoms with E-state index in [0.717, 1.165) is 85.7 Å². The van der Waals surface area contributed by atoms with Crippen LogP contribution in [0.1, 0.15) is 36.1 Å². The fraction of sp³-hybridized carbons (Fsp3) is 0.462. The molecule has 1 fully saturated rings. The quantitative estimate of drug-likeness (QED) is 0.570. The Bertz CT molecular complexity index is 1110. The number of methoxy groups -OCH3 is 1. The first kappa shape index (κ1) is 22.0. The van der Waals surface area contributed by atoms with E-state index in [1.165, 1.54) is 18.2 Å². The molecule has 33 heavy (non-hydrogen) atoms. The van der Waals surface area contributed by atoms with Gasteiger partial charge in [0, 0.05) is 36.6 Å². The molecule has 4 heterocycles. The van der Waals surface area contributed by atoms with Crippen molar-refractivity contribution in [1.82, 2.24) is 20.2 Å². The average Bonchev–Trinajstić information content (AvgIpc) is 2.87. The minimum absolute atomic E-state index is 0.237. The Labute approximate surface area is 194 Å². The van der Waals surface area contributed by atoms with Crippen molar-refractivity contribution in [1.29, 1.82) is 0 Å². The van der Waals surface area contributed by atoms with E-state index in [4.69, 9.17) is 9.72 Å². The van der Waals surface area contributed by atoms with Gasteiger partial charge in [-0.1, -0.05) is 6.07 Å². The van der Waals surface area contributed by atoms with Crippen LogP contribution < -0.4 is 15.4 Å². The van der Waals surface area contributed by atoms with Crippen LogP contribution in [0.2, 0.25) is 0 Å². The van der Waals surface area contributed by atoms with Gasteiger partial charge in [0.05, 0.1) is 24.5 Å². The molecule has 0 spiro atoms. The van der Waals surface area contributed by atoms with Gasteiger partial charge in [0.25, 0.3) is 0 Å². The smallest absolute Gasteiger partial charge is 0.145 e. The summed E-state index contributed by atoms with van der Waals surface area (Å²) in [5.74, 6) is 1.55. The predicted octanol–water partition coefficient (Wildman–Crippen LogP) is 3.93. The number of fused-ring (bicyclic) bond motifs is 2. The molecule has 1 saturated heterocycles. The summed E-state index contributed by atoms with van der Waals surface area (Å²) >= 11 is 0. The van der Waals surface area contributed by atoms with E-state index < -0.39 is 0 Å². The van der Waals surface area contributed by atoms with Crippen LogP contribution in [-0.4, -0.2) is 54.2 Å². The second-order valence-corrected chi connectivity index (χ2v) is 9.06. The van der Waals surface area contributed by atoms with Crippen LogP contribution in [0.3, 0.4) is 0 Å². The number of benzene rings is 1. The van der Waals surface area contributed by atoms with Crippen molar-refractivity contribution >= 4 is 16.7 Å². The first-order valence-corrected chi connectivity index (χ1v) is 12.0. The third-order valence-corrected chi connectivity index (χ3v) is 6.92. The zero-order valence-corrected chi connectivity index (χ0v) is 19.2. The molecule has 0 aliphatic carbocycles. The summed E-state index contributed by atoms with van der Waals surface area (Å²) in [5.41, 5.74) is 3.96. The van der Waals surface area contributed by atoms with Crippen LogP contribution in [0.15, 0.2) is 36.5 Å². The Morgan fingerprint density at radius 2 is 2.09 bits per heavy atom. The van der Waals surface area contributed by atoms with Gasteiger partial charge in [-0.2, -0.15) is 0 Å². The van der Waals surface area contributed by atoms with Gasteiger partial charge in [-0.3, -0.25) is 4.98 Å². The molecular weight excluding hydrogens is 417 g/mol. The standard InChI is InChI=1S/C26H32FN5O/c1-33-21-6-7-25-23(15-21)22(24(27)17-30-25)10-14-32-12-8-19(9-13-32)29-16-20-5-4-18-3-2-11-28-26(18)31-20/h4-7,15,17,19,29H,2-3,8-14,16H2,1H3,(H,28,31). The summed E-state index contributed by atoms with van der Waals surface area (Å²) in [6.45, 7) is 4.70. The number of rotatable bonds is 7. The Morgan fingerprint density at radius 3 is 2.94 bits per heavy atom. The zero-order valence-electron chi connectivity index (χ0n) is 19.2. The molecule has 5 rings (SSSR count). The lowest BCUT2D eigenvalue weighted by Gasteiger charge is -2.32. The number of nitrogens with zero attached hydrogens (tertiary/aromatic N) is 3. The fourth-order valence-electron chi connectivity index (χ4n) is 4.93. The van der Waals surface area contributed by atoms with Crippen molar-refractivity contribution in [2.75, 3.05) is 38.6 Å². The number of aryl methyl sites for hydroxylation is 1. The fourth-order valence-corrected chi connectivity index (χ4v) is 4.93. The molecule has 174 valence electrons. The van der Waals surface area contributed by atoms with E-state index >= 15 is 0 Å². The summed E-state index contributed by atoms with van der Waals surface area (Å²) in [5, 5.41) is 7.94. The maximum atomic E-state index is 14.6. The van der Waals surface area contributed by atoms with Gasteiger partial charge in [0.15, 0.2) is 0 Å². The minimum Gasteiger partial charge on any atom is -0.497 e. The molecule has 1 aromatic carbocycles. The predicted molar refractivity (Wildman–Crippen MR) is 129 cm³/mol. The SMILES string of the molecule is COc1ccc2ncc(F)c(CCN3CCC(NCc4ccc5c(n4)NCCC5)CC3)c2c1. The number of hydrogen-bond donors (Lipinski definition) is 2. The summed E-state index contributed by atoms with van der Waals surface area (Å²) in [4.78, 5) is 11.5. The van der Waals surface area contributed by atoms with Gasteiger partial charge < -0.3 is 20.3 Å². The molecule has 2 N–H and O–H groups in total. The Balaban J connectivity index is 1.13. The normalized spacial score (nSPS) is 17.0. The lowest BCUT2D eigenvalue weighted by Crippen LogP contribution is -2.43. The van der Waals surface area contributed by atoms with Crippen molar-refractivity contribution < 1.29 is 9.13 Å². The van der Waals surface area contributed by atoms with Crippen molar-refractivity contribution in [2.45, 2.75) is 44.7 Å². The van der Waals surface area contributed by atoms with Gasteiger partial charge in [-0.25, -0.2) is 9.37 Å². The van der Waals surface area contributed by atoms with E-state index in [0.29, 0.717) is 12.5 Å². The maximum absolute atomic E-state index is 14.6. The zero-order chi connectivity index (χ0) is 22.6. The lowest BCUT2D eigenvalue weighted by molar-refractivity contribution is 0.198. The minimum atomic E-state index is -0.237. The number of nitrogens with one attached hydrogen (secondary N) is 2. The number of ether oxygens (including phenoxy) is 1. The van der Waals surface area contributed by atoms with Gasteiger partial charge in [-0.15, -0.1) is 0 Å². The van der Waals surface area contributed by atoms with Gasteiger partial charge in [0.2, 0.25) is 0 Å². The summed E-state index contributed by atoms with van der Waals surface area (Å²) in [6, 6.07) is 10.5. The first-order valence-electron chi connectivity index (χ1n) is 12.0. The van der Waals surface area contributed by atoms with Crippen LogP contribution in [0.5, 0.6) is 5.75 Å². The lowest BCUT2D eigenvalue weighted by atomic mass is 10.0. The maximum Gasteiger partial charge on any atom is 0.145 e.